The molecule has 17 nitrogen and oxygen atoms in total. The number of aromatic nitrogens is 5. The highest BCUT2D eigenvalue weighted by atomic mass is 35.5. The molecule has 0 spiro atoms. The minimum Gasteiger partial charge on any atom is -0.508 e. The van der Waals surface area contributed by atoms with Gasteiger partial charge < -0.3 is 34.8 Å². The monoisotopic (exact) mass is 1020 g/mol. The third-order valence-electron chi connectivity index (χ3n) is 15.4. The molecular weight excluding hydrogens is 963 g/mol. The molecule has 3 atom stereocenters. The number of piperazine rings is 2. The highest BCUT2D eigenvalue weighted by Crippen LogP contribution is 2.41. The Morgan fingerprint density at radius 1 is 0.919 bits per heavy atom. The molecule has 4 aliphatic heterocycles. The van der Waals surface area contributed by atoms with Crippen LogP contribution in [0.2, 0.25) is 5.02 Å². The predicted molar refractivity (Wildman–Crippen MR) is 282 cm³/mol. The quantitative estimate of drug-likeness (QED) is 0.0926. The van der Waals surface area contributed by atoms with E-state index in [1.54, 1.807) is 17.0 Å². The maximum absolute atomic E-state index is 14.9. The van der Waals surface area contributed by atoms with E-state index in [0.29, 0.717) is 74.0 Å². The first-order valence-corrected chi connectivity index (χ1v) is 25.8. The Morgan fingerprint density at radius 3 is 2.45 bits per heavy atom. The number of fused-ring (bicyclic) bond motifs is 2. The molecule has 3 N–H and O–H groups in total. The highest BCUT2D eigenvalue weighted by Gasteiger charge is 2.36. The molecule has 0 aliphatic carbocycles. The van der Waals surface area contributed by atoms with E-state index in [2.05, 4.69) is 54.4 Å². The van der Waals surface area contributed by atoms with Crippen molar-refractivity contribution in [2.75, 3.05) is 82.4 Å². The zero-order valence-corrected chi connectivity index (χ0v) is 42.8. The van der Waals surface area contributed by atoms with Gasteiger partial charge in [-0.1, -0.05) is 67.5 Å². The summed E-state index contributed by atoms with van der Waals surface area (Å²) in [5, 5.41) is 51.3. The molecule has 0 saturated carbocycles. The summed E-state index contributed by atoms with van der Waals surface area (Å²) in [6.45, 7) is 15.9. The lowest BCUT2D eigenvalue weighted by molar-refractivity contribution is -0.128. The number of aromatic hydroxyl groups is 3. The van der Waals surface area contributed by atoms with Crippen molar-refractivity contribution in [1.82, 2.24) is 44.3 Å². The first-order valence-electron chi connectivity index (χ1n) is 25.4. The van der Waals surface area contributed by atoms with Crippen LogP contribution in [0.5, 0.6) is 23.5 Å². The number of likely N-dealkylation sites (tertiary alicyclic amines) is 1. The SMILES string of the molecule is C=CC(=O)N1CCN(c2nc(OC[C@@H]3CC[C@H](CN4CCN(Cc5ccc(-n6c(O)nnc6-c6cc(C(C)C)c(O)cc6O)cc5)CC4)N3C)nc3c2CCN(c2cccc4ccc(F)c(Cl)c24)C3)C[C@@H]1CC#N. The van der Waals surface area contributed by atoms with E-state index >= 15 is 0 Å². The zero-order valence-electron chi connectivity index (χ0n) is 42.0. The Kier molecular flexibility index (Phi) is 14.6. The smallest absolute Gasteiger partial charge is 0.319 e. The van der Waals surface area contributed by atoms with Gasteiger partial charge in [0.2, 0.25) is 5.91 Å². The summed E-state index contributed by atoms with van der Waals surface area (Å²) in [5.41, 5.74) is 5.43. The highest BCUT2D eigenvalue weighted by molar-refractivity contribution is 6.36. The van der Waals surface area contributed by atoms with E-state index in [9.17, 15) is 29.8 Å². The molecule has 0 unspecified atom stereocenters. The number of phenols is 2. The van der Waals surface area contributed by atoms with Crippen molar-refractivity contribution >= 4 is 39.8 Å². The number of rotatable bonds is 14. The van der Waals surface area contributed by atoms with Crippen molar-refractivity contribution in [3.8, 4) is 46.7 Å². The number of benzene rings is 4. The van der Waals surface area contributed by atoms with Crippen LogP contribution >= 0.6 is 11.6 Å². The van der Waals surface area contributed by atoms with Gasteiger partial charge in [0.05, 0.1) is 47.0 Å². The number of halogens is 2. The van der Waals surface area contributed by atoms with Crippen LogP contribution < -0.4 is 14.5 Å². The fourth-order valence-corrected chi connectivity index (χ4v) is 11.5. The molecule has 6 aromatic rings. The van der Waals surface area contributed by atoms with Crippen LogP contribution in [0, 0.1) is 17.1 Å². The van der Waals surface area contributed by atoms with Crippen molar-refractivity contribution < 1.29 is 29.2 Å². The van der Waals surface area contributed by atoms with E-state index in [-0.39, 0.29) is 64.7 Å². The van der Waals surface area contributed by atoms with Gasteiger partial charge in [0.1, 0.15) is 29.7 Å². The van der Waals surface area contributed by atoms with Gasteiger partial charge in [-0.25, -0.2) is 8.96 Å². The number of ether oxygens (including phenoxy) is 1. The van der Waals surface area contributed by atoms with Crippen LogP contribution in [0.3, 0.4) is 0 Å². The Hall–Kier alpha value is -7.04. The predicted octanol–water partition coefficient (Wildman–Crippen LogP) is 7.25. The average molecular weight is 1030 g/mol. The molecule has 74 heavy (non-hydrogen) atoms. The molecule has 2 aromatic heterocycles. The Bertz CT molecular complexity index is 3100. The molecule has 19 heteroatoms. The number of carbonyl (C=O) groups is 1. The van der Waals surface area contributed by atoms with Gasteiger partial charge in [-0.2, -0.15) is 15.2 Å². The summed E-state index contributed by atoms with van der Waals surface area (Å²) in [5.74, 6) is 0.202. The van der Waals surface area contributed by atoms with Gasteiger partial charge >= 0.3 is 12.0 Å². The largest absolute Gasteiger partial charge is 0.508 e. The Labute approximate surface area is 435 Å². The van der Waals surface area contributed by atoms with Gasteiger partial charge in [0.15, 0.2) is 5.82 Å². The second kappa shape index (κ2) is 21.4. The second-order valence-corrected chi connectivity index (χ2v) is 20.6. The van der Waals surface area contributed by atoms with Gasteiger partial charge in [-0.15, -0.1) is 5.10 Å². The lowest BCUT2D eigenvalue weighted by Crippen LogP contribution is -2.55. The van der Waals surface area contributed by atoms with Crippen LogP contribution in [0.25, 0.3) is 27.8 Å². The number of hydrogen-bond donors (Lipinski definition) is 3. The van der Waals surface area contributed by atoms with Crippen molar-refractivity contribution in [1.29, 1.82) is 5.26 Å². The molecule has 6 heterocycles. The summed E-state index contributed by atoms with van der Waals surface area (Å²) < 4.78 is 22.9. The number of carbonyl (C=O) groups excluding carboxylic acids is 1. The number of amides is 1. The number of likely N-dealkylation sites (N-methyl/N-ethyl adjacent to an activating group) is 1. The van der Waals surface area contributed by atoms with Crippen molar-refractivity contribution in [3.05, 3.63) is 113 Å². The van der Waals surface area contributed by atoms with Crippen LogP contribution in [-0.2, 0) is 24.3 Å². The number of nitrogens with zero attached hydrogens (tertiary/aromatic N) is 12. The molecular formula is C55H62ClFN12O5. The third-order valence-corrected chi connectivity index (χ3v) is 15.8. The van der Waals surface area contributed by atoms with E-state index in [1.807, 2.05) is 56.3 Å². The Morgan fingerprint density at radius 2 is 1.69 bits per heavy atom. The molecule has 1 amide bonds. The molecule has 0 bridgehead atoms. The summed E-state index contributed by atoms with van der Waals surface area (Å²) >= 11 is 6.61. The van der Waals surface area contributed by atoms with Crippen molar-refractivity contribution in [2.45, 2.75) is 76.7 Å². The maximum atomic E-state index is 14.9. The molecule has 3 fully saturated rings. The molecule has 10 rings (SSSR count). The summed E-state index contributed by atoms with van der Waals surface area (Å²) in [6, 6.07) is 22.3. The second-order valence-electron chi connectivity index (χ2n) is 20.2. The minimum absolute atomic E-state index is 0.000723. The molecule has 4 aliphatic rings. The van der Waals surface area contributed by atoms with Crippen LogP contribution in [-0.4, -0.2) is 156 Å². The molecule has 0 radical (unpaired) electrons. The minimum atomic E-state index is -0.469. The summed E-state index contributed by atoms with van der Waals surface area (Å²) in [4.78, 5) is 36.5. The lowest BCUT2D eigenvalue weighted by Gasteiger charge is -2.42. The number of phenolic OH excluding ortho intramolecular Hbond substituents is 2. The maximum Gasteiger partial charge on any atom is 0.319 e. The van der Waals surface area contributed by atoms with E-state index in [1.165, 1.54) is 22.8 Å². The number of nitriles is 1. The van der Waals surface area contributed by atoms with E-state index < -0.39 is 5.82 Å². The topological polar surface area (TPSA) is 187 Å². The average Bonchev–Trinajstić information content (AvgIpc) is 3.96. The Balaban J connectivity index is 0.776. The van der Waals surface area contributed by atoms with Gasteiger partial charge in [-0.3, -0.25) is 19.5 Å². The summed E-state index contributed by atoms with van der Waals surface area (Å²) in [6.07, 6.45) is 4.11. The van der Waals surface area contributed by atoms with Crippen LogP contribution in [0.1, 0.15) is 61.4 Å². The fraction of sp³-hybridized carbons (Fsp3) is 0.418. The zero-order chi connectivity index (χ0) is 51.8. The molecule has 4 aromatic carbocycles. The van der Waals surface area contributed by atoms with E-state index in [4.69, 9.17) is 26.3 Å². The summed E-state index contributed by atoms with van der Waals surface area (Å²) in [7, 11) is 2.18. The van der Waals surface area contributed by atoms with Crippen molar-refractivity contribution in [3.63, 3.8) is 0 Å². The van der Waals surface area contributed by atoms with E-state index in [0.717, 1.165) is 85.8 Å². The first-order chi connectivity index (χ1) is 35.8. The normalized spacial score (nSPS) is 19.8. The number of hydrogen-bond acceptors (Lipinski definition) is 15. The lowest BCUT2D eigenvalue weighted by atomic mass is 9.98. The van der Waals surface area contributed by atoms with Gasteiger partial charge in [-0.05, 0) is 85.1 Å². The molecule has 3 saturated heterocycles. The van der Waals surface area contributed by atoms with Crippen LogP contribution in [0.15, 0.2) is 79.4 Å². The standard InChI is InChI=1S/C55H62ClFN12O5/c1-5-49(72)68-26-25-67(31-39(68)17-19-58)52-41-18-20-66(46-8-6-7-36-11-16-44(57)51(56)50(36)46)32-45(41)59-54(60-52)74-33-40-15-14-38(63(40)4)30-65-23-21-64(22-24-65)29-35-9-12-37(13-10-35)69-53(61-62-55(69)73)43-27-42(34(2)3)47(70)28-48(43)71/h5-13,16,27-28,34,38-40,70-71H,1,14-15,17-18,20-26,29-33H2,2-4H3,(H,62,73)/t38-,39+,40+/m1/s1. The molecule has 386 valence electrons. The fourth-order valence-electron chi connectivity index (χ4n) is 11.3. The number of anilines is 2. The van der Waals surface area contributed by atoms with Gasteiger partial charge in [0, 0.05) is 100 Å². The van der Waals surface area contributed by atoms with Gasteiger partial charge in [0.25, 0.3) is 0 Å². The third kappa shape index (κ3) is 10.1. The first kappa shape index (κ1) is 50.5. The van der Waals surface area contributed by atoms with Crippen LogP contribution in [0.4, 0.5) is 15.9 Å². The van der Waals surface area contributed by atoms with Crippen molar-refractivity contribution in [2.24, 2.45) is 0 Å².